The molecule has 0 bridgehead atoms. The van der Waals surface area contributed by atoms with Crippen LogP contribution >= 0.6 is 0 Å². The quantitative estimate of drug-likeness (QED) is 0.116. The Balaban J connectivity index is 2.67. The van der Waals surface area contributed by atoms with Gasteiger partial charge in [0.1, 0.15) is 6.29 Å². The number of methoxy groups -OCH3 is 1. The van der Waals surface area contributed by atoms with Crippen molar-refractivity contribution in [3.8, 4) is 0 Å². The number of carbonyl (C=O) groups is 1. The van der Waals surface area contributed by atoms with Crippen molar-refractivity contribution < 1.29 is 14.6 Å². The van der Waals surface area contributed by atoms with Gasteiger partial charge < -0.3 is 9.84 Å². The Morgan fingerprint density at radius 3 is 1.86 bits per heavy atom. The van der Waals surface area contributed by atoms with E-state index in [9.17, 15) is 9.90 Å². The van der Waals surface area contributed by atoms with E-state index in [4.69, 9.17) is 4.74 Å². The molecule has 1 rings (SSSR count). The van der Waals surface area contributed by atoms with E-state index < -0.39 is 0 Å². The molecular weight excluding hydrogens is 540 g/mol. The van der Waals surface area contributed by atoms with E-state index in [-0.39, 0.29) is 17.1 Å². The van der Waals surface area contributed by atoms with Gasteiger partial charge in [-0.2, -0.15) is 0 Å². The molecule has 1 N–H and O–H groups in total. The summed E-state index contributed by atoms with van der Waals surface area (Å²) in [5.41, 5.74) is 7.56. The zero-order valence-electron chi connectivity index (χ0n) is 28.9. The molecule has 0 aliphatic heterocycles. The third kappa shape index (κ3) is 16.4. The van der Waals surface area contributed by atoms with Crippen LogP contribution in [0.15, 0.2) is 142 Å². The maximum absolute atomic E-state index is 11.4. The van der Waals surface area contributed by atoms with E-state index in [1.807, 2.05) is 68.5 Å². The van der Waals surface area contributed by atoms with Crippen LogP contribution in [0, 0.1) is 5.41 Å². The first kappa shape index (κ1) is 38.5. The molecule has 0 aromatic rings. The third-order valence-corrected chi connectivity index (χ3v) is 7.51. The van der Waals surface area contributed by atoms with Gasteiger partial charge in [-0.3, -0.25) is 4.79 Å². The molecular formula is C41H56O3. The first-order valence-electron chi connectivity index (χ1n) is 15.5. The van der Waals surface area contributed by atoms with Gasteiger partial charge >= 0.3 is 0 Å². The molecule has 0 spiro atoms. The van der Waals surface area contributed by atoms with E-state index in [0.717, 1.165) is 42.3 Å². The Bertz CT molecular complexity index is 1320. The van der Waals surface area contributed by atoms with Gasteiger partial charge in [0.15, 0.2) is 0 Å². The summed E-state index contributed by atoms with van der Waals surface area (Å²) in [7, 11) is 1.72. The highest BCUT2D eigenvalue weighted by molar-refractivity contribution is 5.78. The molecule has 3 heteroatoms. The summed E-state index contributed by atoms with van der Waals surface area (Å²) in [6.45, 7) is 18.9. The third-order valence-electron chi connectivity index (χ3n) is 7.51. The molecule has 44 heavy (non-hydrogen) atoms. The number of ether oxygens (including phenoxy) is 1. The second-order valence-corrected chi connectivity index (χ2v) is 12.9. The number of aldehydes is 1. The molecule has 0 heterocycles. The first-order valence-corrected chi connectivity index (χ1v) is 15.5. The van der Waals surface area contributed by atoms with E-state index in [1.165, 1.54) is 16.7 Å². The number of carbonyl (C=O) groups excluding carboxylic acids is 1. The zero-order chi connectivity index (χ0) is 33.2. The summed E-state index contributed by atoms with van der Waals surface area (Å²) in [5, 5.41) is 10.1. The maximum Gasteiger partial charge on any atom is 0.150 e. The molecule has 0 saturated carbocycles. The SMILES string of the molecule is COC(C)(C)C/C=C/C(C)=C/C=C/C(C=O)=C/C=C/C(C)=C/C=C/C=C(C)/C=C/C=C(C)/C=C/C1=C(C)C[C@@H](O)CC1(C)C. The number of hydrogen-bond acceptors (Lipinski definition) is 3. The minimum Gasteiger partial charge on any atom is -0.393 e. The van der Waals surface area contributed by atoms with Crippen LogP contribution in [0.1, 0.15) is 81.6 Å². The topological polar surface area (TPSA) is 46.5 Å². The van der Waals surface area contributed by atoms with Crippen molar-refractivity contribution in [3.63, 3.8) is 0 Å². The summed E-state index contributed by atoms with van der Waals surface area (Å²) < 4.78 is 5.43. The van der Waals surface area contributed by atoms with Crippen LogP contribution in [0.25, 0.3) is 0 Å². The second-order valence-electron chi connectivity index (χ2n) is 12.9. The van der Waals surface area contributed by atoms with Crippen molar-refractivity contribution in [3.05, 3.63) is 142 Å². The van der Waals surface area contributed by atoms with Gasteiger partial charge in [0.05, 0.1) is 11.7 Å². The summed E-state index contributed by atoms with van der Waals surface area (Å²) in [6, 6.07) is 0. The van der Waals surface area contributed by atoms with Crippen molar-refractivity contribution >= 4 is 6.29 Å². The van der Waals surface area contributed by atoms with Crippen LogP contribution in [-0.4, -0.2) is 30.2 Å². The Hall–Kier alpha value is -3.53. The highest BCUT2D eigenvalue weighted by Gasteiger charge is 2.31. The number of aliphatic hydroxyl groups is 1. The van der Waals surface area contributed by atoms with E-state index in [2.05, 4.69) is 97.1 Å². The van der Waals surface area contributed by atoms with E-state index >= 15 is 0 Å². The van der Waals surface area contributed by atoms with Crippen molar-refractivity contribution in [2.45, 2.75) is 93.3 Å². The fraction of sp³-hybridized carbons (Fsp3) is 0.390. The summed E-state index contributed by atoms with van der Waals surface area (Å²) in [5.74, 6) is 0. The minimum atomic E-state index is -0.237. The standard InChI is InChI=1S/C41H56O3/c1-32(19-13-20-35(4)26-27-39-36(5)29-38(43)30-40(39,6)7)17-11-12-18-33(2)21-14-24-37(31-42)25-15-22-34(3)23-16-28-41(8,9)44-10/h11-27,31,38,43H,28-30H2,1-10H3/b12-11+,19-13+,21-14+,23-16+,25-15+,27-26+,32-17+,33-18+,34-22+,35-20+,37-24-/t38-/m1/s1. The fourth-order valence-corrected chi connectivity index (χ4v) is 4.75. The normalized spacial score (nSPS) is 20.2. The van der Waals surface area contributed by atoms with Crippen LogP contribution in [-0.2, 0) is 9.53 Å². The predicted octanol–water partition coefficient (Wildman–Crippen LogP) is 10.5. The lowest BCUT2D eigenvalue weighted by molar-refractivity contribution is -0.104. The predicted molar refractivity (Wildman–Crippen MR) is 191 cm³/mol. The molecule has 1 aliphatic carbocycles. The average Bonchev–Trinajstić information content (AvgIpc) is 2.93. The van der Waals surface area contributed by atoms with Crippen molar-refractivity contribution in [1.29, 1.82) is 0 Å². The van der Waals surface area contributed by atoms with Gasteiger partial charge in [0.25, 0.3) is 0 Å². The van der Waals surface area contributed by atoms with Gasteiger partial charge in [0, 0.05) is 12.7 Å². The molecule has 0 aromatic heterocycles. The number of aliphatic hydroxyl groups excluding tert-OH is 1. The lowest BCUT2D eigenvalue weighted by Crippen LogP contribution is -2.28. The summed E-state index contributed by atoms with van der Waals surface area (Å²) in [4.78, 5) is 11.4. The summed E-state index contributed by atoms with van der Waals surface area (Å²) >= 11 is 0. The van der Waals surface area contributed by atoms with Crippen LogP contribution in [0.3, 0.4) is 0 Å². The maximum atomic E-state index is 11.4. The lowest BCUT2D eigenvalue weighted by Gasteiger charge is -2.35. The molecule has 1 aliphatic rings. The Labute approximate surface area is 268 Å². The van der Waals surface area contributed by atoms with Gasteiger partial charge in [-0.05, 0) is 78.7 Å². The Morgan fingerprint density at radius 1 is 0.818 bits per heavy atom. The highest BCUT2D eigenvalue weighted by atomic mass is 16.5. The molecule has 238 valence electrons. The van der Waals surface area contributed by atoms with E-state index in [0.29, 0.717) is 5.57 Å². The number of allylic oxidation sites excluding steroid dienone is 22. The number of rotatable bonds is 15. The van der Waals surface area contributed by atoms with Crippen molar-refractivity contribution in [2.75, 3.05) is 7.11 Å². The fourth-order valence-electron chi connectivity index (χ4n) is 4.75. The van der Waals surface area contributed by atoms with Crippen LogP contribution in [0.5, 0.6) is 0 Å². The second kappa shape index (κ2) is 19.7. The molecule has 0 unspecified atom stereocenters. The zero-order valence-corrected chi connectivity index (χ0v) is 28.9. The van der Waals surface area contributed by atoms with Gasteiger partial charge in [-0.25, -0.2) is 0 Å². The first-order chi connectivity index (χ1) is 20.7. The van der Waals surface area contributed by atoms with Crippen LogP contribution in [0.4, 0.5) is 0 Å². The molecule has 1 atom stereocenters. The molecule has 0 fully saturated rings. The van der Waals surface area contributed by atoms with Crippen LogP contribution in [0.2, 0.25) is 0 Å². The molecule has 0 aromatic carbocycles. The largest absolute Gasteiger partial charge is 0.393 e. The molecule has 0 saturated heterocycles. The van der Waals surface area contributed by atoms with Gasteiger partial charge in [0.2, 0.25) is 0 Å². The minimum absolute atomic E-state index is 0.00736. The highest BCUT2D eigenvalue weighted by Crippen LogP contribution is 2.41. The van der Waals surface area contributed by atoms with Crippen molar-refractivity contribution in [2.24, 2.45) is 5.41 Å². The smallest absolute Gasteiger partial charge is 0.150 e. The van der Waals surface area contributed by atoms with Crippen molar-refractivity contribution in [1.82, 2.24) is 0 Å². The lowest BCUT2D eigenvalue weighted by atomic mass is 9.71. The molecule has 0 amide bonds. The molecule has 0 radical (unpaired) electrons. The number of hydrogen-bond donors (Lipinski definition) is 1. The Morgan fingerprint density at radius 2 is 1.32 bits per heavy atom. The average molecular weight is 597 g/mol. The Kier molecular flexibility index (Phi) is 17.2. The monoisotopic (exact) mass is 596 g/mol. The van der Waals surface area contributed by atoms with Crippen LogP contribution < -0.4 is 0 Å². The summed E-state index contributed by atoms with van der Waals surface area (Å²) in [6.07, 6.45) is 37.3. The van der Waals surface area contributed by atoms with Gasteiger partial charge in [-0.1, -0.05) is 145 Å². The molecule has 3 nitrogen and oxygen atoms in total. The van der Waals surface area contributed by atoms with Gasteiger partial charge in [-0.15, -0.1) is 0 Å². The van der Waals surface area contributed by atoms with E-state index in [1.54, 1.807) is 7.11 Å².